The Balaban J connectivity index is 1.46. The zero-order valence-electron chi connectivity index (χ0n) is 16.5. The quantitative estimate of drug-likeness (QED) is 0.541. The fourth-order valence-electron chi connectivity index (χ4n) is 2.93. The van der Waals surface area contributed by atoms with E-state index in [2.05, 4.69) is 86.8 Å². The molecule has 0 bridgehead atoms. The van der Waals surface area contributed by atoms with Gasteiger partial charge in [-0.15, -0.1) is 0 Å². The van der Waals surface area contributed by atoms with Crippen LogP contribution in [0.5, 0.6) is 5.75 Å². The molecule has 0 saturated carbocycles. The molecule has 3 aromatic rings. The third-order valence-electron chi connectivity index (χ3n) is 4.67. The second kappa shape index (κ2) is 8.77. The maximum absolute atomic E-state index is 5.84. The van der Waals surface area contributed by atoms with E-state index in [0.29, 0.717) is 6.61 Å². The predicted octanol–water partition coefficient (Wildman–Crippen LogP) is 6.22. The third kappa shape index (κ3) is 5.89. The zero-order chi connectivity index (χ0) is 19.1. The largest absolute Gasteiger partial charge is 0.493 e. The topological polar surface area (TPSA) is 21.3 Å². The summed E-state index contributed by atoms with van der Waals surface area (Å²) in [5, 5.41) is 3.47. The van der Waals surface area contributed by atoms with Crippen LogP contribution >= 0.6 is 0 Å². The van der Waals surface area contributed by atoms with Crippen molar-refractivity contribution in [3.63, 3.8) is 0 Å². The first kappa shape index (κ1) is 19.0. The van der Waals surface area contributed by atoms with Gasteiger partial charge in [-0.05, 0) is 46.4 Å². The van der Waals surface area contributed by atoms with Gasteiger partial charge in [0.2, 0.25) is 0 Å². The van der Waals surface area contributed by atoms with Crippen LogP contribution in [-0.4, -0.2) is 6.61 Å². The molecule has 0 heterocycles. The van der Waals surface area contributed by atoms with E-state index in [4.69, 9.17) is 4.74 Å². The highest BCUT2D eigenvalue weighted by molar-refractivity contribution is 5.47. The van der Waals surface area contributed by atoms with Crippen molar-refractivity contribution >= 4 is 5.69 Å². The van der Waals surface area contributed by atoms with Gasteiger partial charge < -0.3 is 10.1 Å². The minimum Gasteiger partial charge on any atom is -0.493 e. The average Bonchev–Trinajstić information content (AvgIpc) is 2.68. The van der Waals surface area contributed by atoms with E-state index in [0.717, 1.165) is 24.4 Å². The smallest absolute Gasteiger partial charge is 0.119 e. The fourth-order valence-corrected chi connectivity index (χ4v) is 2.93. The summed E-state index contributed by atoms with van der Waals surface area (Å²) in [6.45, 7) is 8.23. The number of nitrogens with one attached hydrogen (secondary N) is 1. The lowest BCUT2D eigenvalue weighted by molar-refractivity contribution is 0.322. The van der Waals surface area contributed by atoms with Gasteiger partial charge in [0.05, 0.1) is 6.61 Å². The zero-order valence-corrected chi connectivity index (χ0v) is 16.5. The van der Waals surface area contributed by atoms with Gasteiger partial charge in [0, 0.05) is 18.7 Å². The van der Waals surface area contributed by atoms with Crippen molar-refractivity contribution in [1.29, 1.82) is 0 Å². The molecule has 0 radical (unpaired) electrons. The summed E-state index contributed by atoms with van der Waals surface area (Å²) in [6.07, 6.45) is 0.922. The van der Waals surface area contributed by atoms with Crippen molar-refractivity contribution in [3.05, 3.63) is 95.6 Å². The minimum absolute atomic E-state index is 0.197. The van der Waals surface area contributed by atoms with E-state index >= 15 is 0 Å². The lowest BCUT2D eigenvalue weighted by Crippen LogP contribution is -2.11. The Bertz CT molecular complexity index is 815. The van der Waals surface area contributed by atoms with Gasteiger partial charge in [0.1, 0.15) is 5.75 Å². The molecular formula is C25H29NO. The van der Waals surface area contributed by atoms with Gasteiger partial charge >= 0.3 is 0 Å². The van der Waals surface area contributed by atoms with Crippen molar-refractivity contribution in [1.82, 2.24) is 0 Å². The molecule has 3 aromatic carbocycles. The molecule has 2 heteroatoms. The van der Waals surface area contributed by atoms with Crippen LogP contribution < -0.4 is 10.1 Å². The van der Waals surface area contributed by atoms with Crippen LogP contribution in [0.3, 0.4) is 0 Å². The second-order valence-electron chi connectivity index (χ2n) is 7.91. The van der Waals surface area contributed by atoms with E-state index < -0.39 is 0 Å². The molecule has 0 atom stereocenters. The fraction of sp³-hybridized carbons (Fsp3) is 0.280. The number of rotatable bonds is 7. The number of hydrogen-bond acceptors (Lipinski definition) is 2. The predicted molar refractivity (Wildman–Crippen MR) is 115 cm³/mol. The van der Waals surface area contributed by atoms with Crippen LogP contribution in [0.2, 0.25) is 0 Å². The summed E-state index contributed by atoms with van der Waals surface area (Å²) >= 11 is 0. The molecule has 0 saturated heterocycles. The summed E-state index contributed by atoms with van der Waals surface area (Å²) < 4.78 is 5.84. The Labute approximate surface area is 163 Å². The van der Waals surface area contributed by atoms with Crippen LogP contribution in [0.1, 0.15) is 37.5 Å². The van der Waals surface area contributed by atoms with Gasteiger partial charge in [-0.3, -0.25) is 0 Å². The summed E-state index contributed by atoms with van der Waals surface area (Å²) in [5.41, 5.74) is 5.25. The normalized spacial score (nSPS) is 11.2. The highest BCUT2D eigenvalue weighted by atomic mass is 16.5. The number of benzene rings is 3. The third-order valence-corrected chi connectivity index (χ3v) is 4.67. The van der Waals surface area contributed by atoms with E-state index in [1.54, 1.807) is 0 Å². The van der Waals surface area contributed by atoms with Crippen LogP contribution in [0, 0.1) is 0 Å². The van der Waals surface area contributed by atoms with Crippen LogP contribution in [0.15, 0.2) is 78.9 Å². The molecule has 1 N–H and O–H groups in total. The number of hydrogen-bond donors (Lipinski definition) is 1. The molecule has 0 amide bonds. The Kier molecular flexibility index (Phi) is 6.18. The molecule has 0 spiro atoms. The first-order valence-corrected chi connectivity index (χ1v) is 9.61. The Morgan fingerprint density at radius 2 is 1.41 bits per heavy atom. The molecule has 0 unspecified atom stereocenters. The van der Waals surface area contributed by atoms with Crippen molar-refractivity contribution in [3.8, 4) is 5.75 Å². The summed E-state index contributed by atoms with van der Waals surface area (Å²) in [4.78, 5) is 0. The van der Waals surface area contributed by atoms with Crippen molar-refractivity contribution < 1.29 is 4.74 Å². The van der Waals surface area contributed by atoms with Crippen molar-refractivity contribution in [2.24, 2.45) is 0 Å². The highest BCUT2D eigenvalue weighted by Crippen LogP contribution is 2.22. The molecule has 0 aromatic heterocycles. The Hall–Kier alpha value is -2.74. The van der Waals surface area contributed by atoms with E-state index in [1.807, 2.05) is 18.2 Å². The van der Waals surface area contributed by atoms with Gasteiger partial charge in [0.25, 0.3) is 0 Å². The molecule has 3 rings (SSSR count). The highest BCUT2D eigenvalue weighted by Gasteiger charge is 2.12. The molecule has 140 valence electrons. The lowest BCUT2D eigenvalue weighted by atomic mass is 9.87. The number of ether oxygens (including phenoxy) is 1. The average molecular weight is 360 g/mol. The summed E-state index contributed by atoms with van der Waals surface area (Å²) in [5.74, 6) is 0.908. The maximum atomic E-state index is 5.84. The summed E-state index contributed by atoms with van der Waals surface area (Å²) in [6, 6.07) is 27.5. The molecule has 2 nitrogen and oxygen atoms in total. The molecular weight excluding hydrogens is 330 g/mol. The molecule has 0 aliphatic rings. The minimum atomic E-state index is 0.197. The monoisotopic (exact) mass is 359 g/mol. The summed E-state index contributed by atoms with van der Waals surface area (Å²) in [7, 11) is 0. The van der Waals surface area contributed by atoms with Gasteiger partial charge in [-0.1, -0.05) is 75.4 Å². The SMILES string of the molecule is CC(C)(C)c1ccc(CNc2ccc(OCCc3ccccc3)cc2)cc1. The van der Waals surface area contributed by atoms with Crippen LogP contribution in [0.4, 0.5) is 5.69 Å². The number of anilines is 1. The van der Waals surface area contributed by atoms with Gasteiger partial charge in [0.15, 0.2) is 0 Å². The molecule has 0 aliphatic heterocycles. The molecule has 0 aliphatic carbocycles. The van der Waals surface area contributed by atoms with Crippen LogP contribution in [0.25, 0.3) is 0 Å². The van der Waals surface area contributed by atoms with E-state index in [1.165, 1.54) is 16.7 Å². The Morgan fingerprint density at radius 3 is 2.04 bits per heavy atom. The van der Waals surface area contributed by atoms with E-state index in [9.17, 15) is 0 Å². The second-order valence-corrected chi connectivity index (χ2v) is 7.91. The van der Waals surface area contributed by atoms with Crippen molar-refractivity contribution in [2.45, 2.75) is 39.2 Å². The Morgan fingerprint density at radius 1 is 0.741 bits per heavy atom. The van der Waals surface area contributed by atoms with Crippen LogP contribution in [-0.2, 0) is 18.4 Å². The van der Waals surface area contributed by atoms with Gasteiger partial charge in [-0.25, -0.2) is 0 Å². The maximum Gasteiger partial charge on any atom is 0.119 e. The first-order valence-electron chi connectivity index (χ1n) is 9.61. The van der Waals surface area contributed by atoms with Crippen molar-refractivity contribution in [2.75, 3.05) is 11.9 Å². The lowest BCUT2D eigenvalue weighted by Gasteiger charge is -2.19. The molecule has 0 fully saturated rings. The van der Waals surface area contributed by atoms with E-state index in [-0.39, 0.29) is 5.41 Å². The van der Waals surface area contributed by atoms with Gasteiger partial charge in [-0.2, -0.15) is 0 Å². The standard InChI is InChI=1S/C25H29NO/c1-25(2,3)22-11-9-21(10-12-22)19-26-23-13-15-24(16-14-23)27-18-17-20-7-5-4-6-8-20/h4-16,26H,17-19H2,1-3H3. The first-order chi connectivity index (χ1) is 13.0. The molecule has 27 heavy (non-hydrogen) atoms.